The maximum Gasteiger partial charge on any atom is 0.330 e. The molecule has 0 radical (unpaired) electrons. The van der Waals surface area contributed by atoms with E-state index in [1.807, 2.05) is 0 Å². The molecule has 1 aromatic carbocycles. The number of hydrogen-bond donors (Lipinski definition) is 3. The minimum absolute atomic E-state index is 0.0770. The number of piperidine rings is 1. The summed E-state index contributed by atoms with van der Waals surface area (Å²) in [5.74, 6) is -1.91. The predicted octanol–water partition coefficient (Wildman–Crippen LogP) is 0.455. The molecule has 1 saturated heterocycles. The van der Waals surface area contributed by atoms with Gasteiger partial charge in [0.1, 0.15) is 0 Å². The zero-order valence-corrected chi connectivity index (χ0v) is 10.8. The van der Waals surface area contributed by atoms with Gasteiger partial charge in [0.2, 0.25) is 11.8 Å². The molecule has 106 valence electrons. The highest BCUT2D eigenvalue weighted by molar-refractivity contribution is 5.87. The number of amides is 2. The number of carboxylic acids is 1. The van der Waals surface area contributed by atoms with Crippen LogP contribution in [0.15, 0.2) is 30.3 Å². The zero-order chi connectivity index (χ0) is 14.5. The summed E-state index contributed by atoms with van der Waals surface area (Å²) in [5.41, 5.74) is 0.521. The van der Waals surface area contributed by atoms with E-state index in [4.69, 9.17) is 0 Å². The lowest BCUT2D eigenvalue weighted by atomic mass is 9.97. The molecule has 1 aliphatic heterocycles. The van der Waals surface area contributed by atoms with E-state index in [1.54, 1.807) is 30.3 Å². The van der Waals surface area contributed by atoms with Gasteiger partial charge < -0.3 is 15.7 Å². The van der Waals surface area contributed by atoms with E-state index >= 15 is 0 Å². The summed E-state index contributed by atoms with van der Waals surface area (Å²) in [6, 6.07) is 7.46. The lowest BCUT2D eigenvalue weighted by Crippen LogP contribution is -2.45. The van der Waals surface area contributed by atoms with Crippen LogP contribution < -0.4 is 10.6 Å². The van der Waals surface area contributed by atoms with Crippen molar-refractivity contribution >= 4 is 17.8 Å². The quantitative estimate of drug-likeness (QED) is 0.744. The fourth-order valence-corrected chi connectivity index (χ4v) is 2.15. The molecule has 2 atom stereocenters. The van der Waals surface area contributed by atoms with Crippen molar-refractivity contribution < 1.29 is 19.5 Å². The van der Waals surface area contributed by atoms with Crippen LogP contribution in [0.5, 0.6) is 0 Å². The van der Waals surface area contributed by atoms with Crippen LogP contribution >= 0.6 is 0 Å². The Morgan fingerprint density at radius 2 is 2.00 bits per heavy atom. The fourth-order valence-electron chi connectivity index (χ4n) is 2.15. The first-order valence-corrected chi connectivity index (χ1v) is 6.42. The minimum Gasteiger partial charge on any atom is -0.479 e. The second-order valence-corrected chi connectivity index (χ2v) is 4.73. The summed E-state index contributed by atoms with van der Waals surface area (Å²) in [7, 11) is 0. The molecule has 0 unspecified atom stereocenters. The Bertz CT molecular complexity index is 505. The van der Waals surface area contributed by atoms with Gasteiger partial charge in [0, 0.05) is 13.0 Å². The van der Waals surface area contributed by atoms with Crippen molar-refractivity contribution in [2.24, 2.45) is 5.92 Å². The number of nitrogens with one attached hydrogen (secondary N) is 2. The largest absolute Gasteiger partial charge is 0.479 e. The highest BCUT2D eigenvalue weighted by Gasteiger charge is 2.28. The summed E-state index contributed by atoms with van der Waals surface area (Å²) < 4.78 is 0. The third-order valence-electron chi connectivity index (χ3n) is 3.30. The topological polar surface area (TPSA) is 95.5 Å². The first-order valence-electron chi connectivity index (χ1n) is 6.42. The van der Waals surface area contributed by atoms with Gasteiger partial charge in [0.05, 0.1) is 5.92 Å². The van der Waals surface area contributed by atoms with Crippen molar-refractivity contribution in [3.05, 3.63) is 35.9 Å². The van der Waals surface area contributed by atoms with Crippen molar-refractivity contribution in [2.45, 2.75) is 18.9 Å². The van der Waals surface area contributed by atoms with Gasteiger partial charge in [-0.3, -0.25) is 9.59 Å². The van der Waals surface area contributed by atoms with Crippen LogP contribution in [0, 0.1) is 5.92 Å². The molecule has 1 aliphatic rings. The number of hydrogen-bond acceptors (Lipinski definition) is 3. The molecular weight excluding hydrogens is 260 g/mol. The molecule has 0 saturated carbocycles. The molecule has 0 aliphatic carbocycles. The average molecular weight is 276 g/mol. The molecule has 2 amide bonds. The number of aliphatic carboxylic acids is 1. The monoisotopic (exact) mass is 276 g/mol. The first kappa shape index (κ1) is 14.0. The smallest absolute Gasteiger partial charge is 0.330 e. The van der Waals surface area contributed by atoms with E-state index in [0.717, 1.165) is 0 Å². The predicted molar refractivity (Wildman–Crippen MR) is 70.7 cm³/mol. The van der Waals surface area contributed by atoms with Gasteiger partial charge >= 0.3 is 5.97 Å². The van der Waals surface area contributed by atoms with Crippen LogP contribution in [0.2, 0.25) is 0 Å². The number of carbonyl (C=O) groups excluding carboxylic acids is 2. The van der Waals surface area contributed by atoms with Gasteiger partial charge in [-0.05, 0) is 12.0 Å². The van der Waals surface area contributed by atoms with Crippen LogP contribution in [0.25, 0.3) is 0 Å². The van der Waals surface area contributed by atoms with Gasteiger partial charge in [-0.15, -0.1) is 0 Å². The Kier molecular flexibility index (Phi) is 4.34. The summed E-state index contributed by atoms with van der Waals surface area (Å²) >= 11 is 0. The lowest BCUT2D eigenvalue weighted by Gasteiger charge is -2.23. The van der Waals surface area contributed by atoms with Crippen molar-refractivity contribution in [1.82, 2.24) is 10.6 Å². The van der Waals surface area contributed by atoms with E-state index < -0.39 is 12.0 Å². The van der Waals surface area contributed by atoms with E-state index in [0.29, 0.717) is 18.4 Å². The second kappa shape index (κ2) is 6.18. The molecule has 0 bridgehead atoms. The molecule has 0 aromatic heterocycles. The molecule has 2 rings (SSSR count). The van der Waals surface area contributed by atoms with Gasteiger partial charge in [0.15, 0.2) is 6.04 Å². The Labute approximate surface area is 116 Å². The Morgan fingerprint density at radius 1 is 1.30 bits per heavy atom. The van der Waals surface area contributed by atoms with Crippen molar-refractivity contribution in [2.75, 3.05) is 6.54 Å². The Balaban J connectivity index is 2.03. The zero-order valence-electron chi connectivity index (χ0n) is 10.8. The van der Waals surface area contributed by atoms with E-state index in [2.05, 4.69) is 10.6 Å². The van der Waals surface area contributed by atoms with E-state index in [9.17, 15) is 19.5 Å². The van der Waals surface area contributed by atoms with Gasteiger partial charge in [0.25, 0.3) is 0 Å². The molecule has 20 heavy (non-hydrogen) atoms. The van der Waals surface area contributed by atoms with Crippen molar-refractivity contribution in [1.29, 1.82) is 0 Å². The minimum atomic E-state index is -1.11. The maximum atomic E-state index is 12.1. The second-order valence-electron chi connectivity index (χ2n) is 4.73. The lowest BCUT2D eigenvalue weighted by molar-refractivity contribution is -0.143. The van der Waals surface area contributed by atoms with E-state index in [-0.39, 0.29) is 24.3 Å². The number of carbonyl (C=O) groups is 3. The van der Waals surface area contributed by atoms with Crippen LogP contribution in [0.1, 0.15) is 24.4 Å². The SMILES string of the molecule is O=C1CC[C@H](C(=O)N[C@@H](C(=O)O)c2ccccc2)CN1. The van der Waals surface area contributed by atoms with E-state index in [1.165, 1.54) is 0 Å². The third kappa shape index (κ3) is 3.34. The van der Waals surface area contributed by atoms with Crippen LogP contribution in [-0.2, 0) is 14.4 Å². The van der Waals surface area contributed by atoms with Gasteiger partial charge in [-0.25, -0.2) is 4.79 Å². The molecule has 6 heteroatoms. The summed E-state index contributed by atoms with van der Waals surface area (Å²) in [6.45, 7) is 0.256. The molecule has 1 aromatic rings. The molecule has 1 fully saturated rings. The molecule has 0 spiro atoms. The van der Waals surface area contributed by atoms with Crippen LogP contribution in [0.4, 0.5) is 0 Å². The first-order chi connectivity index (χ1) is 9.58. The average Bonchev–Trinajstić information content (AvgIpc) is 2.46. The summed E-state index contributed by atoms with van der Waals surface area (Å²) in [5, 5.41) is 14.4. The molecule has 3 N–H and O–H groups in total. The number of rotatable bonds is 4. The summed E-state index contributed by atoms with van der Waals surface area (Å²) in [4.78, 5) is 34.4. The van der Waals surface area contributed by atoms with Crippen molar-refractivity contribution in [3.63, 3.8) is 0 Å². The highest BCUT2D eigenvalue weighted by Crippen LogP contribution is 2.16. The van der Waals surface area contributed by atoms with Crippen LogP contribution in [0.3, 0.4) is 0 Å². The highest BCUT2D eigenvalue weighted by atomic mass is 16.4. The fraction of sp³-hybridized carbons (Fsp3) is 0.357. The Morgan fingerprint density at radius 3 is 2.55 bits per heavy atom. The van der Waals surface area contributed by atoms with Gasteiger partial charge in [-0.1, -0.05) is 30.3 Å². The van der Waals surface area contributed by atoms with Crippen molar-refractivity contribution in [3.8, 4) is 0 Å². The Hall–Kier alpha value is -2.37. The maximum absolute atomic E-state index is 12.1. The molecule has 6 nitrogen and oxygen atoms in total. The third-order valence-corrected chi connectivity index (χ3v) is 3.30. The normalized spacial score (nSPS) is 19.8. The molecular formula is C14H16N2O4. The number of benzene rings is 1. The molecule has 1 heterocycles. The standard InChI is InChI=1S/C14H16N2O4/c17-11-7-6-10(8-15-11)13(18)16-12(14(19)20)9-4-2-1-3-5-9/h1-5,10,12H,6-8H2,(H,15,17)(H,16,18)(H,19,20)/t10-,12+/m0/s1. The summed E-state index contributed by atoms with van der Waals surface area (Å²) in [6.07, 6.45) is 0.736. The van der Waals surface area contributed by atoms with Gasteiger partial charge in [-0.2, -0.15) is 0 Å². The number of carboxylic acid groups (broad SMARTS) is 1. The van der Waals surface area contributed by atoms with Crippen LogP contribution in [-0.4, -0.2) is 29.4 Å².